The van der Waals surface area contributed by atoms with E-state index in [-0.39, 0.29) is 10.6 Å². The lowest BCUT2D eigenvalue weighted by atomic mass is 10.1. The van der Waals surface area contributed by atoms with Gasteiger partial charge in [-0.1, -0.05) is 25.0 Å². The Morgan fingerprint density at radius 3 is 2.56 bits per heavy atom. The molecule has 0 saturated heterocycles. The van der Waals surface area contributed by atoms with Crippen LogP contribution in [-0.2, 0) is 6.42 Å². The zero-order chi connectivity index (χ0) is 12.8. The van der Waals surface area contributed by atoms with Gasteiger partial charge >= 0.3 is 0 Å². The fourth-order valence-corrected chi connectivity index (χ4v) is 2.06. The van der Waals surface area contributed by atoms with Gasteiger partial charge in [0.05, 0.1) is 4.92 Å². The Balaban J connectivity index is 1.58. The molecule has 0 amide bonds. The number of nitro groups is 1. The molecule has 1 N–H and O–H groups in total. The maximum Gasteiger partial charge on any atom is 0.269 e. The van der Waals surface area contributed by atoms with Crippen molar-refractivity contribution in [3.63, 3.8) is 0 Å². The van der Waals surface area contributed by atoms with E-state index in [1.807, 2.05) is 12.1 Å². The quantitative estimate of drug-likeness (QED) is 0.437. The second-order valence-corrected chi connectivity index (χ2v) is 5.01. The Morgan fingerprint density at radius 1 is 1.22 bits per heavy atom. The van der Waals surface area contributed by atoms with Gasteiger partial charge in [0.1, 0.15) is 0 Å². The summed E-state index contributed by atoms with van der Waals surface area (Å²) in [5.74, 6) is 1.02. The summed E-state index contributed by atoms with van der Waals surface area (Å²) in [6.07, 6.45) is 6.43. The van der Waals surface area contributed by atoms with E-state index in [0.717, 1.165) is 31.0 Å². The van der Waals surface area contributed by atoms with Crippen molar-refractivity contribution in [1.82, 2.24) is 5.32 Å². The second-order valence-electron chi connectivity index (χ2n) is 5.01. The molecule has 1 aromatic carbocycles. The predicted octanol–water partition coefficient (Wildman–Crippen LogP) is 2.92. The largest absolute Gasteiger partial charge is 0.316 e. The first-order valence-corrected chi connectivity index (χ1v) is 6.70. The van der Waals surface area contributed by atoms with Crippen molar-refractivity contribution in [3.05, 3.63) is 39.9 Å². The van der Waals surface area contributed by atoms with Crippen molar-refractivity contribution in [2.24, 2.45) is 5.92 Å². The van der Waals surface area contributed by atoms with Crippen LogP contribution in [0.25, 0.3) is 0 Å². The zero-order valence-electron chi connectivity index (χ0n) is 10.6. The molecule has 18 heavy (non-hydrogen) atoms. The van der Waals surface area contributed by atoms with Crippen LogP contribution in [0.15, 0.2) is 24.3 Å². The summed E-state index contributed by atoms with van der Waals surface area (Å²) in [4.78, 5) is 10.1. The molecule has 0 bridgehead atoms. The summed E-state index contributed by atoms with van der Waals surface area (Å²) in [6.45, 7) is 2.03. The van der Waals surface area contributed by atoms with Crippen LogP contribution in [0.5, 0.6) is 0 Å². The lowest BCUT2D eigenvalue weighted by Gasteiger charge is -2.04. The summed E-state index contributed by atoms with van der Waals surface area (Å²) < 4.78 is 0. The highest BCUT2D eigenvalue weighted by Crippen LogP contribution is 2.33. The molecule has 1 fully saturated rings. The molecule has 1 aromatic rings. The van der Waals surface area contributed by atoms with Crippen LogP contribution in [-0.4, -0.2) is 18.0 Å². The van der Waals surface area contributed by atoms with Crippen molar-refractivity contribution in [2.45, 2.75) is 32.1 Å². The molecular weight excluding hydrogens is 228 g/mol. The average Bonchev–Trinajstić information content (AvgIpc) is 3.18. The molecular formula is C14H20N2O2. The van der Waals surface area contributed by atoms with E-state index in [1.165, 1.54) is 25.7 Å². The minimum Gasteiger partial charge on any atom is -0.316 e. The molecule has 4 nitrogen and oxygen atoms in total. The minimum atomic E-state index is -0.361. The molecule has 2 rings (SSSR count). The van der Waals surface area contributed by atoms with Gasteiger partial charge in [-0.25, -0.2) is 0 Å². The maximum atomic E-state index is 10.5. The van der Waals surface area contributed by atoms with Gasteiger partial charge in [-0.15, -0.1) is 0 Å². The van der Waals surface area contributed by atoms with E-state index >= 15 is 0 Å². The summed E-state index contributed by atoms with van der Waals surface area (Å²) in [5.41, 5.74) is 1.31. The number of nitrogens with one attached hydrogen (secondary N) is 1. The number of hydrogen-bond acceptors (Lipinski definition) is 3. The highest BCUT2D eigenvalue weighted by atomic mass is 16.6. The summed E-state index contributed by atoms with van der Waals surface area (Å²) >= 11 is 0. The van der Waals surface area contributed by atoms with Crippen LogP contribution in [0, 0.1) is 16.0 Å². The molecule has 1 saturated carbocycles. The Bertz CT molecular complexity index is 385. The molecule has 0 heterocycles. The molecule has 1 aliphatic rings. The zero-order valence-corrected chi connectivity index (χ0v) is 10.6. The fraction of sp³-hybridized carbons (Fsp3) is 0.571. The Hall–Kier alpha value is -1.42. The van der Waals surface area contributed by atoms with E-state index in [9.17, 15) is 10.1 Å². The van der Waals surface area contributed by atoms with Crippen LogP contribution >= 0.6 is 0 Å². The Labute approximate surface area is 108 Å². The van der Waals surface area contributed by atoms with Gasteiger partial charge in [0.15, 0.2) is 0 Å². The molecule has 0 unspecified atom stereocenters. The topological polar surface area (TPSA) is 55.2 Å². The van der Waals surface area contributed by atoms with Gasteiger partial charge in [-0.3, -0.25) is 10.1 Å². The standard InChI is InChI=1S/C14H20N2O2/c17-16(18)14-7-5-13(6-8-14)9-11-15-10-1-2-12-3-4-12/h5-8,12,15H,1-4,9-11H2. The molecule has 98 valence electrons. The summed E-state index contributed by atoms with van der Waals surface area (Å²) in [7, 11) is 0. The van der Waals surface area contributed by atoms with Crippen LogP contribution < -0.4 is 5.32 Å². The number of rotatable bonds is 8. The molecule has 0 spiro atoms. The second kappa shape index (κ2) is 6.50. The number of hydrogen-bond donors (Lipinski definition) is 1. The SMILES string of the molecule is O=[N+]([O-])c1ccc(CCNCCCC2CC2)cc1. The van der Waals surface area contributed by atoms with Crippen molar-refractivity contribution in [3.8, 4) is 0 Å². The van der Waals surface area contributed by atoms with Gasteiger partial charge in [-0.05, 0) is 43.8 Å². The van der Waals surface area contributed by atoms with E-state index in [0.29, 0.717) is 0 Å². The summed E-state index contributed by atoms with van der Waals surface area (Å²) in [5, 5.41) is 13.9. The monoisotopic (exact) mass is 248 g/mol. The normalized spacial score (nSPS) is 14.7. The third-order valence-corrected chi connectivity index (χ3v) is 3.40. The maximum absolute atomic E-state index is 10.5. The molecule has 0 radical (unpaired) electrons. The molecule has 1 aliphatic carbocycles. The average molecular weight is 248 g/mol. The minimum absolute atomic E-state index is 0.163. The van der Waals surface area contributed by atoms with Gasteiger partial charge in [0.25, 0.3) is 5.69 Å². The van der Waals surface area contributed by atoms with Crippen molar-refractivity contribution >= 4 is 5.69 Å². The number of benzene rings is 1. The Kier molecular flexibility index (Phi) is 4.70. The number of nitrogens with zero attached hydrogens (tertiary/aromatic N) is 1. The van der Waals surface area contributed by atoms with E-state index in [4.69, 9.17) is 0 Å². The van der Waals surface area contributed by atoms with Crippen LogP contribution in [0.1, 0.15) is 31.2 Å². The number of non-ortho nitro benzene ring substituents is 1. The predicted molar refractivity (Wildman–Crippen MR) is 71.6 cm³/mol. The first-order chi connectivity index (χ1) is 8.75. The number of nitro benzene ring substituents is 1. The Morgan fingerprint density at radius 2 is 1.94 bits per heavy atom. The lowest BCUT2D eigenvalue weighted by Crippen LogP contribution is -2.18. The molecule has 4 heteroatoms. The third-order valence-electron chi connectivity index (χ3n) is 3.40. The van der Waals surface area contributed by atoms with E-state index in [2.05, 4.69) is 5.32 Å². The van der Waals surface area contributed by atoms with Gasteiger partial charge < -0.3 is 5.32 Å². The lowest BCUT2D eigenvalue weighted by molar-refractivity contribution is -0.384. The van der Waals surface area contributed by atoms with Crippen LogP contribution in [0.4, 0.5) is 5.69 Å². The van der Waals surface area contributed by atoms with E-state index in [1.54, 1.807) is 12.1 Å². The highest BCUT2D eigenvalue weighted by Gasteiger charge is 2.19. The van der Waals surface area contributed by atoms with Crippen LogP contribution in [0.2, 0.25) is 0 Å². The van der Waals surface area contributed by atoms with Gasteiger partial charge in [-0.2, -0.15) is 0 Å². The molecule has 0 atom stereocenters. The van der Waals surface area contributed by atoms with Crippen molar-refractivity contribution in [1.29, 1.82) is 0 Å². The van der Waals surface area contributed by atoms with Gasteiger partial charge in [0.2, 0.25) is 0 Å². The first kappa shape index (κ1) is 13.0. The van der Waals surface area contributed by atoms with Crippen molar-refractivity contribution in [2.75, 3.05) is 13.1 Å². The van der Waals surface area contributed by atoms with Crippen molar-refractivity contribution < 1.29 is 4.92 Å². The highest BCUT2D eigenvalue weighted by molar-refractivity contribution is 5.32. The summed E-state index contributed by atoms with van der Waals surface area (Å²) in [6, 6.07) is 6.82. The van der Waals surface area contributed by atoms with E-state index < -0.39 is 0 Å². The smallest absolute Gasteiger partial charge is 0.269 e. The fourth-order valence-electron chi connectivity index (χ4n) is 2.06. The first-order valence-electron chi connectivity index (χ1n) is 6.70. The molecule has 0 aliphatic heterocycles. The van der Waals surface area contributed by atoms with Gasteiger partial charge in [0, 0.05) is 12.1 Å². The third kappa shape index (κ3) is 4.45. The van der Waals surface area contributed by atoms with Crippen LogP contribution in [0.3, 0.4) is 0 Å². The molecule has 0 aromatic heterocycles.